The molecule has 0 saturated heterocycles. The molecule has 0 unspecified atom stereocenters. The van der Waals surface area contributed by atoms with E-state index in [0.29, 0.717) is 10.7 Å². The van der Waals surface area contributed by atoms with Crippen LogP contribution in [0.2, 0.25) is 20.1 Å². The molecule has 13 heteroatoms. The van der Waals surface area contributed by atoms with Crippen LogP contribution in [0, 0.1) is 6.92 Å². The van der Waals surface area contributed by atoms with Gasteiger partial charge in [0.2, 0.25) is 0 Å². The summed E-state index contributed by atoms with van der Waals surface area (Å²) in [7, 11) is 0. The van der Waals surface area contributed by atoms with Gasteiger partial charge < -0.3 is 14.6 Å². The van der Waals surface area contributed by atoms with Gasteiger partial charge in [0.1, 0.15) is 11.8 Å². The molecule has 1 aromatic heterocycles. The lowest BCUT2D eigenvalue weighted by Crippen LogP contribution is -2.44. The highest BCUT2D eigenvalue weighted by Crippen LogP contribution is 2.45. The van der Waals surface area contributed by atoms with Crippen LogP contribution >= 0.6 is 46.4 Å². The minimum atomic E-state index is -1.39. The first-order valence-electron chi connectivity index (χ1n) is 8.18. The number of anilines is 1. The summed E-state index contributed by atoms with van der Waals surface area (Å²) < 4.78 is 9.68. The molecule has 1 aromatic carbocycles. The first-order valence-corrected chi connectivity index (χ1v) is 9.69. The van der Waals surface area contributed by atoms with Crippen LogP contribution in [0.4, 0.5) is 5.82 Å². The van der Waals surface area contributed by atoms with Crippen LogP contribution in [0.5, 0.6) is 0 Å². The molecule has 0 aliphatic carbocycles. The van der Waals surface area contributed by atoms with E-state index in [9.17, 15) is 19.2 Å². The van der Waals surface area contributed by atoms with Crippen molar-refractivity contribution in [1.29, 1.82) is 0 Å². The topological polar surface area (TPSA) is 119 Å². The fourth-order valence-electron chi connectivity index (χ4n) is 2.69. The molecule has 2 aromatic rings. The molecule has 9 nitrogen and oxygen atoms in total. The molecule has 1 aliphatic heterocycles. The van der Waals surface area contributed by atoms with E-state index in [1.165, 1.54) is 13.0 Å². The number of aryl methyl sites for hydroxylation is 1. The van der Waals surface area contributed by atoms with Crippen LogP contribution < -0.4 is 5.32 Å². The molecule has 1 atom stereocenters. The van der Waals surface area contributed by atoms with Crippen molar-refractivity contribution >= 4 is 75.9 Å². The molecule has 30 heavy (non-hydrogen) atoms. The fourth-order valence-corrected chi connectivity index (χ4v) is 3.70. The number of carbonyl (C=O) groups excluding carboxylic acids is 4. The highest BCUT2D eigenvalue weighted by Gasteiger charge is 2.45. The molecule has 0 fully saturated rings. The number of aromatic nitrogens is 1. The maximum absolute atomic E-state index is 12.7. The van der Waals surface area contributed by atoms with Crippen LogP contribution in [0.15, 0.2) is 10.6 Å². The minimum Gasteiger partial charge on any atom is -0.454 e. The van der Waals surface area contributed by atoms with E-state index in [2.05, 4.69) is 10.5 Å². The molecular formula is C17H11Cl4N3O6. The highest BCUT2D eigenvalue weighted by molar-refractivity contribution is 6.55. The summed E-state index contributed by atoms with van der Waals surface area (Å²) in [6.45, 7) is 2.19. The monoisotopic (exact) mass is 493 g/mol. The fraction of sp³-hybridized carbons (Fsp3) is 0.235. The number of amides is 3. The molecule has 0 radical (unpaired) electrons. The van der Waals surface area contributed by atoms with Gasteiger partial charge >= 0.3 is 5.97 Å². The lowest BCUT2D eigenvalue weighted by molar-refractivity contribution is -0.150. The number of ether oxygens (including phenoxy) is 1. The zero-order valence-corrected chi connectivity index (χ0v) is 18.2. The van der Waals surface area contributed by atoms with Crippen LogP contribution in [0.25, 0.3) is 0 Å². The Morgan fingerprint density at radius 3 is 2.10 bits per heavy atom. The van der Waals surface area contributed by atoms with Gasteiger partial charge in [-0.25, -0.2) is 4.79 Å². The minimum absolute atomic E-state index is 0.139. The molecule has 2 heterocycles. The van der Waals surface area contributed by atoms with E-state index >= 15 is 0 Å². The van der Waals surface area contributed by atoms with Crippen LogP contribution in [-0.2, 0) is 14.3 Å². The number of hydrogen-bond acceptors (Lipinski definition) is 7. The van der Waals surface area contributed by atoms with Crippen LogP contribution in [0.1, 0.15) is 33.4 Å². The third-order valence-corrected chi connectivity index (χ3v) is 5.90. The number of nitrogens with zero attached hydrogens (tertiary/aromatic N) is 2. The van der Waals surface area contributed by atoms with Crippen molar-refractivity contribution in [1.82, 2.24) is 10.1 Å². The van der Waals surface area contributed by atoms with Gasteiger partial charge in [0, 0.05) is 6.07 Å². The lowest BCUT2D eigenvalue weighted by atomic mass is 10.1. The van der Waals surface area contributed by atoms with E-state index in [0.717, 1.165) is 0 Å². The number of fused-ring (bicyclic) bond motifs is 1. The Kier molecular flexibility index (Phi) is 6.28. The van der Waals surface area contributed by atoms with Crippen molar-refractivity contribution in [3.05, 3.63) is 43.0 Å². The van der Waals surface area contributed by atoms with E-state index in [1.54, 1.807) is 6.92 Å². The Bertz CT molecular complexity index is 1050. The average molecular weight is 495 g/mol. The van der Waals surface area contributed by atoms with Crippen LogP contribution in [-0.4, -0.2) is 46.4 Å². The largest absolute Gasteiger partial charge is 0.454 e. The van der Waals surface area contributed by atoms with Gasteiger partial charge in [0.05, 0.1) is 31.2 Å². The maximum atomic E-state index is 12.7. The van der Waals surface area contributed by atoms with Crippen molar-refractivity contribution in [2.45, 2.75) is 19.9 Å². The third kappa shape index (κ3) is 3.85. The van der Waals surface area contributed by atoms with Gasteiger partial charge in [0.25, 0.3) is 17.7 Å². The normalized spacial score (nSPS) is 14.0. The number of halogens is 4. The summed E-state index contributed by atoms with van der Waals surface area (Å²) in [5.74, 6) is -2.89. The van der Waals surface area contributed by atoms with Crippen molar-refractivity contribution in [3.63, 3.8) is 0 Å². The van der Waals surface area contributed by atoms with Gasteiger partial charge in [-0.1, -0.05) is 51.6 Å². The van der Waals surface area contributed by atoms with E-state index in [1.807, 2.05) is 0 Å². The number of benzene rings is 1. The summed E-state index contributed by atoms with van der Waals surface area (Å²) in [6.07, 6.45) is 0. The van der Waals surface area contributed by atoms with Gasteiger partial charge in [0.15, 0.2) is 12.4 Å². The first-order chi connectivity index (χ1) is 14.0. The number of nitrogens with one attached hydrogen (secondary N) is 1. The standard InChI is InChI=1S/C17H11Cl4N3O6/c1-5-3-7(23-30-5)22-8(25)4-29-17(28)6(2)24-15(26)9-10(16(24)27)12(19)14(21)13(20)11(9)18/h3,6H,4H2,1-2H3,(H,22,23,25)/t6-/m0/s1. The second-order valence-electron chi connectivity index (χ2n) is 6.14. The second-order valence-corrected chi connectivity index (χ2v) is 7.65. The SMILES string of the molecule is Cc1cc(NC(=O)COC(=O)[C@H](C)N2C(=O)c3c(Cl)c(Cl)c(Cl)c(Cl)c3C2=O)no1. The number of carbonyl (C=O) groups is 4. The zero-order valence-electron chi connectivity index (χ0n) is 15.2. The zero-order chi connectivity index (χ0) is 22.3. The van der Waals surface area contributed by atoms with Crippen LogP contribution in [0.3, 0.4) is 0 Å². The number of esters is 1. The summed E-state index contributed by atoms with van der Waals surface area (Å²) in [5.41, 5.74) is -0.528. The Balaban J connectivity index is 1.72. The number of rotatable bonds is 5. The third-order valence-electron chi connectivity index (χ3n) is 4.10. The Labute approximate surface area is 189 Å². The Hall–Kier alpha value is -2.33. The molecule has 1 N–H and O–H groups in total. The van der Waals surface area contributed by atoms with E-state index in [-0.39, 0.29) is 37.0 Å². The van der Waals surface area contributed by atoms with E-state index < -0.39 is 36.3 Å². The van der Waals surface area contributed by atoms with Crippen molar-refractivity contribution in [2.75, 3.05) is 11.9 Å². The van der Waals surface area contributed by atoms with E-state index in [4.69, 9.17) is 55.7 Å². The molecule has 0 saturated carbocycles. The molecular weight excluding hydrogens is 484 g/mol. The molecule has 0 bridgehead atoms. The second kappa shape index (κ2) is 8.43. The molecule has 3 rings (SSSR count). The van der Waals surface area contributed by atoms with Crippen molar-refractivity contribution in [3.8, 4) is 0 Å². The summed E-state index contributed by atoms with van der Waals surface area (Å²) in [5, 5.41) is 5.01. The smallest absolute Gasteiger partial charge is 0.329 e. The predicted octanol–water partition coefficient (Wildman–Crippen LogP) is 3.76. The first kappa shape index (κ1) is 22.4. The van der Waals surface area contributed by atoms with Crippen molar-refractivity contribution in [2.24, 2.45) is 0 Å². The Morgan fingerprint density at radius 2 is 1.63 bits per heavy atom. The van der Waals surface area contributed by atoms with Gasteiger partial charge in [-0.3, -0.25) is 19.3 Å². The predicted molar refractivity (Wildman–Crippen MR) is 107 cm³/mol. The quantitative estimate of drug-likeness (QED) is 0.291. The average Bonchev–Trinajstić information content (AvgIpc) is 3.22. The van der Waals surface area contributed by atoms with Gasteiger partial charge in [-0.05, 0) is 13.8 Å². The number of hydrogen-bond donors (Lipinski definition) is 1. The Morgan fingerprint density at radius 1 is 1.10 bits per heavy atom. The van der Waals surface area contributed by atoms with Gasteiger partial charge in [-0.15, -0.1) is 0 Å². The summed E-state index contributed by atoms with van der Waals surface area (Å²) in [4.78, 5) is 50.3. The highest BCUT2D eigenvalue weighted by atomic mass is 35.5. The molecule has 3 amide bonds. The summed E-state index contributed by atoms with van der Waals surface area (Å²) >= 11 is 24.0. The summed E-state index contributed by atoms with van der Waals surface area (Å²) in [6, 6.07) is 0.0782. The van der Waals surface area contributed by atoms with Gasteiger partial charge in [-0.2, -0.15) is 0 Å². The van der Waals surface area contributed by atoms with Crippen molar-refractivity contribution < 1.29 is 28.4 Å². The molecule has 158 valence electrons. The molecule has 1 aliphatic rings. The molecule has 0 spiro atoms. The number of imide groups is 1. The lowest BCUT2D eigenvalue weighted by Gasteiger charge is -2.20. The maximum Gasteiger partial charge on any atom is 0.329 e.